The molecule has 0 fully saturated rings. The predicted molar refractivity (Wildman–Crippen MR) is 266 cm³/mol. The largest absolute Gasteiger partial charge is 0.455 e. The zero-order valence-electron chi connectivity index (χ0n) is 34.5. The summed E-state index contributed by atoms with van der Waals surface area (Å²) < 4.78 is 18.9. The molecule has 4 aromatic heterocycles. The van der Waals surface area contributed by atoms with Crippen LogP contribution in [0.5, 0.6) is 0 Å². The highest BCUT2D eigenvalue weighted by Gasteiger charge is 2.24. The molecule has 14 rings (SSSR count). The average molecular weight is 817 g/mol. The average Bonchev–Trinajstić information content (AvgIpc) is 4.11. The summed E-state index contributed by atoms with van der Waals surface area (Å²) in [6.07, 6.45) is 0. The van der Waals surface area contributed by atoms with Crippen molar-refractivity contribution >= 4 is 87.5 Å². The van der Waals surface area contributed by atoms with Crippen LogP contribution in [0.2, 0.25) is 0 Å². The molecule has 0 spiro atoms. The second-order valence-electron chi connectivity index (χ2n) is 16.8. The van der Waals surface area contributed by atoms with Gasteiger partial charge in [-0.1, -0.05) is 133 Å². The van der Waals surface area contributed by atoms with Crippen LogP contribution >= 0.6 is 0 Å². The fourth-order valence-electron chi connectivity index (χ4n) is 10.4. The van der Waals surface area contributed by atoms with Crippen molar-refractivity contribution in [1.29, 1.82) is 0 Å². The fraction of sp³-hybridized carbons (Fsp3) is 0. The number of hydrogen-bond donors (Lipinski definition) is 0. The molecule has 4 heteroatoms. The normalized spacial score (nSPS) is 12.1. The Kier molecular flexibility index (Phi) is 7.36. The van der Waals surface area contributed by atoms with E-state index in [-0.39, 0.29) is 0 Å². The smallest absolute Gasteiger partial charge is 0.147 e. The zero-order chi connectivity index (χ0) is 41.9. The summed E-state index contributed by atoms with van der Waals surface area (Å²) in [5.41, 5.74) is 16.6. The summed E-state index contributed by atoms with van der Waals surface area (Å²) in [4.78, 5) is 0. The number of furan rings is 2. The lowest BCUT2D eigenvalue weighted by molar-refractivity contribution is 0.658. The fourth-order valence-corrected chi connectivity index (χ4v) is 10.4. The minimum Gasteiger partial charge on any atom is -0.455 e. The van der Waals surface area contributed by atoms with Crippen molar-refractivity contribution in [2.75, 3.05) is 0 Å². The first-order valence-electron chi connectivity index (χ1n) is 21.8. The van der Waals surface area contributed by atoms with Crippen LogP contribution in [-0.2, 0) is 0 Å². The van der Waals surface area contributed by atoms with E-state index < -0.39 is 0 Å². The lowest BCUT2D eigenvalue weighted by Gasteiger charge is -2.12. The molecule has 4 heterocycles. The number of benzene rings is 10. The van der Waals surface area contributed by atoms with Crippen LogP contribution in [0, 0.1) is 0 Å². The van der Waals surface area contributed by atoms with Gasteiger partial charge in [0.1, 0.15) is 22.3 Å². The monoisotopic (exact) mass is 816 g/mol. The molecule has 4 nitrogen and oxygen atoms in total. The standard InChI is InChI=1S/C60H36N2O2/c1-3-15-37(16-4-1)39-31-40(38-17-5-2-6-18-38)33-41(32-39)58-59-50(48-34-42(27-29-56(48)63-59)61-52-23-11-7-19-44(52)45-20-8-12-24-53(45)61)36-51-49-35-43(28-30-57(49)64-60(51)58)62-54-25-13-9-21-46(54)47-22-10-14-26-55(47)62/h1-36H. The molecule has 0 N–H and O–H groups in total. The summed E-state index contributed by atoms with van der Waals surface area (Å²) in [6, 6.07) is 78.4. The van der Waals surface area contributed by atoms with Crippen LogP contribution in [0.25, 0.3) is 132 Å². The third-order valence-corrected chi connectivity index (χ3v) is 13.3. The van der Waals surface area contributed by atoms with Gasteiger partial charge in [0, 0.05) is 54.5 Å². The lowest BCUT2D eigenvalue weighted by atomic mass is 9.91. The molecule has 0 bridgehead atoms. The van der Waals surface area contributed by atoms with E-state index in [0.717, 1.165) is 88.6 Å². The van der Waals surface area contributed by atoms with Gasteiger partial charge in [-0.3, -0.25) is 0 Å². The van der Waals surface area contributed by atoms with E-state index in [2.05, 4.69) is 228 Å². The Bertz CT molecular complexity index is 3810. The third-order valence-electron chi connectivity index (χ3n) is 13.3. The third kappa shape index (κ3) is 5.11. The first kappa shape index (κ1) is 35.0. The summed E-state index contributed by atoms with van der Waals surface area (Å²) in [7, 11) is 0. The van der Waals surface area contributed by atoms with Crippen LogP contribution < -0.4 is 0 Å². The van der Waals surface area contributed by atoms with Gasteiger partial charge in [-0.2, -0.15) is 0 Å². The van der Waals surface area contributed by atoms with E-state index in [9.17, 15) is 0 Å². The van der Waals surface area contributed by atoms with Gasteiger partial charge < -0.3 is 18.0 Å². The Morgan fingerprint density at radius 1 is 0.250 bits per heavy atom. The maximum atomic E-state index is 7.09. The molecule has 0 aliphatic rings. The van der Waals surface area contributed by atoms with Crippen molar-refractivity contribution < 1.29 is 8.83 Å². The van der Waals surface area contributed by atoms with Crippen molar-refractivity contribution in [3.8, 4) is 44.8 Å². The number of fused-ring (bicyclic) bond motifs is 12. The number of para-hydroxylation sites is 4. The van der Waals surface area contributed by atoms with Crippen LogP contribution in [0.3, 0.4) is 0 Å². The molecule has 0 aliphatic carbocycles. The number of rotatable bonds is 5. The molecule has 0 saturated heterocycles. The van der Waals surface area contributed by atoms with Crippen LogP contribution in [0.15, 0.2) is 227 Å². The van der Waals surface area contributed by atoms with E-state index >= 15 is 0 Å². The molecule has 0 amide bonds. The van der Waals surface area contributed by atoms with E-state index in [1.165, 1.54) is 43.6 Å². The molecule has 0 radical (unpaired) electrons. The summed E-state index contributed by atoms with van der Waals surface area (Å²) in [5, 5.41) is 9.10. The molecule has 0 unspecified atom stereocenters. The van der Waals surface area contributed by atoms with E-state index in [4.69, 9.17) is 8.83 Å². The molecular formula is C60H36N2O2. The molecule has 64 heavy (non-hydrogen) atoms. The van der Waals surface area contributed by atoms with Gasteiger partial charge >= 0.3 is 0 Å². The van der Waals surface area contributed by atoms with E-state index in [0.29, 0.717) is 0 Å². The Morgan fingerprint density at radius 3 is 1.02 bits per heavy atom. The molecular weight excluding hydrogens is 781 g/mol. The Hall–Kier alpha value is -8.60. The summed E-state index contributed by atoms with van der Waals surface area (Å²) in [5.74, 6) is 0. The molecule has 0 aliphatic heterocycles. The lowest BCUT2D eigenvalue weighted by Crippen LogP contribution is -1.93. The summed E-state index contributed by atoms with van der Waals surface area (Å²) >= 11 is 0. The minimum absolute atomic E-state index is 0.799. The number of nitrogens with zero attached hydrogens (tertiary/aromatic N) is 2. The molecule has 14 aromatic rings. The number of aromatic nitrogens is 2. The maximum Gasteiger partial charge on any atom is 0.147 e. The van der Waals surface area contributed by atoms with Crippen LogP contribution in [0.1, 0.15) is 0 Å². The van der Waals surface area contributed by atoms with Gasteiger partial charge in [0.2, 0.25) is 0 Å². The van der Waals surface area contributed by atoms with Crippen molar-refractivity contribution in [3.63, 3.8) is 0 Å². The van der Waals surface area contributed by atoms with Gasteiger partial charge in [0.05, 0.1) is 27.6 Å². The predicted octanol–water partition coefficient (Wildman–Crippen LogP) is 16.7. The first-order chi connectivity index (χ1) is 31.7. The van der Waals surface area contributed by atoms with Gasteiger partial charge in [-0.25, -0.2) is 0 Å². The Balaban J connectivity index is 1.09. The van der Waals surface area contributed by atoms with Gasteiger partial charge in [-0.05, 0) is 113 Å². The first-order valence-corrected chi connectivity index (χ1v) is 21.8. The SMILES string of the molecule is c1ccc(-c2cc(-c3ccccc3)cc(-c3c4oc5ccc(-n6c7ccccc7c7ccccc76)cc5c4cc4c3oc3ccc(-n5c6ccccc6c6ccccc65)cc34)c2)cc1. The molecule has 0 saturated carbocycles. The topological polar surface area (TPSA) is 36.1 Å². The van der Waals surface area contributed by atoms with Crippen LogP contribution in [0.4, 0.5) is 0 Å². The van der Waals surface area contributed by atoms with Gasteiger partial charge in [0.25, 0.3) is 0 Å². The maximum absolute atomic E-state index is 7.09. The number of hydrogen-bond acceptors (Lipinski definition) is 2. The van der Waals surface area contributed by atoms with E-state index in [1.807, 2.05) is 0 Å². The minimum atomic E-state index is 0.799. The van der Waals surface area contributed by atoms with Gasteiger partial charge in [0.15, 0.2) is 0 Å². The molecule has 10 aromatic carbocycles. The zero-order valence-corrected chi connectivity index (χ0v) is 34.5. The second kappa shape index (κ2) is 13.4. The highest BCUT2D eigenvalue weighted by molar-refractivity contribution is 6.23. The van der Waals surface area contributed by atoms with Crippen molar-refractivity contribution in [1.82, 2.24) is 9.13 Å². The second-order valence-corrected chi connectivity index (χ2v) is 16.8. The van der Waals surface area contributed by atoms with Crippen molar-refractivity contribution in [2.45, 2.75) is 0 Å². The Labute approximate surface area is 367 Å². The summed E-state index contributed by atoms with van der Waals surface area (Å²) in [6.45, 7) is 0. The highest BCUT2D eigenvalue weighted by atomic mass is 16.3. The van der Waals surface area contributed by atoms with Crippen LogP contribution in [-0.4, -0.2) is 9.13 Å². The molecule has 0 atom stereocenters. The van der Waals surface area contributed by atoms with E-state index in [1.54, 1.807) is 0 Å². The molecule has 298 valence electrons. The van der Waals surface area contributed by atoms with Crippen molar-refractivity contribution in [3.05, 3.63) is 218 Å². The highest BCUT2D eigenvalue weighted by Crippen LogP contribution is 2.47. The quantitative estimate of drug-likeness (QED) is 0.173. The Morgan fingerprint density at radius 2 is 0.609 bits per heavy atom. The van der Waals surface area contributed by atoms with Crippen molar-refractivity contribution in [2.24, 2.45) is 0 Å². The van der Waals surface area contributed by atoms with Gasteiger partial charge in [-0.15, -0.1) is 0 Å².